The van der Waals surface area contributed by atoms with Gasteiger partial charge in [0.15, 0.2) is 0 Å². The average molecular weight is 183 g/mol. The summed E-state index contributed by atoms with van der Waals surface area (Å²) < 4.78 is 0. The third kappa shape index (κ3) is 5.47. The molecule has 1 aliphatic carbocycles. The maximum Gasteiger partial charge on any atom is 0.0436 e. The number of aliphatic hydroxyl groups excluding tert-OH is 1. The van der Waals surface area contributed by atoms with Crippen molar-refractivity contribution in [1.29, 1.82) is 0 Å². The van der Waals surface area contributed by atoms with Gasteiger partial charge in [0.05, 0.1) is 0 Å². The molecule has 13 heavy (non-hydrogen) atoms. The van der Waals surface area contributed by atoms with E-state index in [0.29, 0.717) is 5.92 Å². The molecular weight excluding hydrogens is 162 g/mol. The first kappa shape index (κ1) is 12.2. The Morgan fingerprint density at radius 3 is 2.85 bits per heavy atom. The molecule has 0 aliphatic heterocycles. The van der Waals surface area contributed by atoms with Crippen LogP contribution in [0, 0.1) is 5.92 Å². The zero-order chi connectivity index (χ0) is 10.1. The van der Waals surface area contributed by atoms with Crippen molar-refractivity contribution in [2.75, 3.05) is 6.61 Å². The zero-order valence-electron chi connectivity index (χ0n) is 8.66. The van der Waals surface area contributed by atoms with Crippen molar-refractivity contribution in [3.63, 3.8) is 0 Å². The van der Waals surface area contributed by atoms with Crippen molar-refractivity contribution in [2.45, 2.75) is 33.1 Å². The lowest BCUT2D eigenvalue weighted by molar-refractivity contribution is 0.267. The number of aliphatic hydroxyl groups is 1. The zero-order valence-corrected chi connectivity index (χ0v) is 8.66. The van der Waals surface area contributed by atoms with E-state index < -0.39 is 0 Å². The standard InChI is InChI=1S/C9H15NO.C2H6/c10-9-3-1-2-8(4-5-9)6-7-11;1-2/h3-5,8,11H,1-2,6-7,10H2;1-2H3. The Bertz CT molecular complexity index is 173. The highest BCUT2D eigenvalue weighted by Crippen LogP contribution is 2.16. The van der Waals surface area contributed by atoms with Crippen LogP contribution in [0.1, 0.15) is 33.1 Å². The Morgan fingerprint density at radius 1 is 1.54 bits per heavy atom. The van der Waals surface area contributed by atoms with Crippen LogP contribution in [-0.2, 0) is 0 Å². The number of rotatable bonds is 2. The van der Waals surface area contributed by atoms with Crippen LogP contribution < -0.4 is 5.73 Å². The lowest BCUT2D eigenvalue weighted by atomic mass is 10.0. The molecule has 0 aromatic rings. The van der Waals surface area contributed by atoms with Gasteiger partial charge in [-0.3, -0.25) is 0 Å². The molecule has 0 radical (unpaired) electrons. The van der Waals surface area contributed by atoms with Crippen LogP contribution in [0.25, 0.3) is 0 Å². The van der Waals surface area contributed by atoms with Crippen LogP contribution in [0.2, 0.25) is 0 Å². The van der Waals surface area contributed by atoms with Crippen molar-refractivity contribution in [3.8, 4) is 0 Å². The summed E-state index contributed by atoms with van der Waals surface area (Å²) in [6.07, 6.45) is 9.06. The SMILES string of the molecule is CC.NC1=CCCC(CCO)C=C1. The molecule has 0 saturated carbocycles. The topological polar surface area (TPSA) is 46.2 Å². The van der Waals surface area contributed by atoms with Crippen LogP contribution in [0.5, 0.6) is 0 Å². The number of nitrogens with two attached hydrogens (primary N) is 1. The highest BCUT2D eigenvalue weighted by molar-refractivity contribution is 5.17. The minimum atomic E-state index is 0.273. The van der Waals surface area contributed by atoms with Crippen LogP contribution in [-0.4, -0.2) is 11.7 Å². The van der Waals surface area contributed by atoms with Crippen molar-refractivity contribution in [2.24, 2.45) is 11.7 Å². The van der Waals surface area contributed by atoms with Gasteiger partial charge in [0.1, 0.15) is 0 Å². The van der Waals surface area contributed by atoms with Gasteiger partial charge < -0.3 is 10.8 Å². The molecule has 2 heteroatoms. The molecular formula is C11H21NO. The lowest BCUT2D eigenvalue weighted by Crippen LogP contribution is -1.98. The first-order valence-electron chi connectivity index (χ1n) is 5.07. The fourth-order valence-corrected chi connectivity index (χ4v) is 1.28. The van der Waals surface area contributed by atoms with Crippen LogP contribution in [0.3, 0.4) is 0 Å². The molecule has 0 spiro atoms. The Balaban J connectivity index is 0.000000671. The van der Waals surface area contributed by atoms with E-state index in [-0.39, 0.29) is 6.61 Å². The molecule has 1 atom stereocenters. The van der Waals surface area contributed by atoms with Gasteiger partial charge >= 0.3 is 0 Å². The predicted octanol–water partition coefficient (Wildman–Crippen LogP) is 2.20. The highest BCUT2D eigenvalue weighted by atomic mass is 16.3. The second kappa shape index (κ2) is 7.87. The molecule has 2 nitrogen and oxygen atoms in total. The minimum absolute atomic E-state index is 0.273. The summed E-state index contributed by atoms with van der Waals surface area (Å²) in [6, 6.07) is 0. The van der Waals surface area contributed by atoms with E-state index in [1.165, 1.54) is 0 Å². The second-order valence-corrected chi connectivity index (χ2v) is 2.91. The normalized spacial score (nSPS) is 21.2. The molecule has 1 rings (SSSR count). The first-order valence-corrected chi connectivity index (χ1v) is 5.07. The fourth-order valence-electron chi connectivity index (χ4n) is 1.28. The summed E-state index contributed by atoms with van der Waals surface area (Å²) in [7, 11) is 0. The molecule has 1 aliphatic rings. The van der Waals surface area contributed by atoms with Crippen molar-refractivity contribution < 1.29 is 5.11 Å². The van der Waals surface area contributed by atoms with E-state index >= 15 is 0 Å². The lowest BCUT2D eigenvalue weighted by Gasteiger charge is -2.06. The Kier molecular flexibility index (Phi) is 7.41. The molecule has 3 N–H and O–H groups in total. The third-order valence-corrected chi connectivity index (χ3v) is 1.98. The molecule has 1 unspecified atom stereocenters. The van der Waals surface area contributed by atoms with E-state index in [4.69, 9.17) is 10.8 Å². The molecule has 0 fully saturated rings. The van der Waals surface area contributed by atoms with Gasteiger partial charge in [-0.1, -0.05) is 26.0 Å². The van der Waals surface area contributed by atoms with Gasteiger partial charge in [-0.25, -0.2) is 0 Å². The van der Waals surface area contributed by atoms with E-state index in [1.54, 1.807) is 0 Å². The highest BCUT2D eigenvalue weighted by Gasteiger charge is 2.05. The third-order valence-electron chi connectivity index (χ3n) is 1.98. The molecule has 0 bridgehead atoms. The predicted molar refractivity (Wildman–Crippen MR) is 57.2 cm³/mol. The Hall–Kier alpha value is -0.760. The van der Waals surface area contributed by atoms with Gasteiger partial charge in [0.2, 0.25) is 0 Å². The monoisotopic (exact) mass is 183 g/mol. The summed E-state index contributed by atoms with van der Waals surface area (Å²) in [6.45, 7) is 4.27. The smallest absolute Gasteiger partial charge is 0.0436 e. The van der Waals surface area contributed by atoms with Gasteiger partial charge in [0, 0.05) is 12.3 Å². The van der Waals surface area contributed by atoms with Crippen molar-refractivity contribution >= 4 is 0 Å². The molecule has 0 aromatic carbocycles. The summed E-state index contributed by atoms with van der Waals surface area (Å²) in [5.74, 6) is 0.511. The largest absolute Gasteiger partial charge is 0.399 e. The van der Waals surface area contributed by atoms with Crippen LogP contribution >= 0.6 is 0 Å². The second-order valence-electron chi connectivity index (χ2n) is 2.91. The van der Waals surface area contributed by atoms with Gasteiger partial charge in [-0.05, 0) is 31.3 Å². The summed E-state index contributed by atoms with van der Waals surface area (Å²) in [4.78, 5) is 0. The van der Waals surface area contributed by atoms with E-state index in [2.05, 4.69) is 6.08 Å². The van der Waals surface area contributed by atoms with Crippen LogP contribution in [0.4, 0.5) is 0 Å². The summed E-state index contributed by atoms with van der Waals surface area (Å²) in [5, 5.41) is 8.69. The van der Waals surface area contributed by atoms with Crippen molar-refractivity contribution in [3.05, 3.63) is 23.9 Å². The Labute approximate surface area is 81.1 Å². The first-order chi connectivity index (χ1) is 6.33. The minimum Gasteiger partial charge on any atom is -0.399 e. The molecule has 0 aromatic heterocycles. The average Bonchev–Trinajstić information content (AvgIpc) is 2.36. The van der Waals surface area contributed by atoms with E-state index in [0.717, 1.165) is 25.0 Å². The van der Waals surface area contributed by atoms with E-state index in [9.17, 15) is 0 Å². The molecule has 76 valence electrons. The quantitative estimate of drug-likeness (QED) is 0.689. The maximum absolute atomic E-state index is 8.69. The summed E-state index contributed by atoms with van der Waals surface area (Å²) >= 11 is 0. The summed E-state index contributed by atoms with van der Waals surface area (Å²) in [5.41, 5.74) is 6.46. The Morgan fingerprint density at radius 2 is 2.23 bits per heavy atom. The van der Waals surface area contributed by atoms with E-state index in [1.807, 2.05) is 26.0 Å². The van der Waals surface area contributed by atoms with Crippen LogP contribution in [0.15, 0.2) is 23.9 Å². The van der Waals surface area contributed by atoms with Gasteiger partial charge in [-0.15, -0.1) is 0 Å². The molecule has 0 amide bonds. The van der Waals surface area contributed by atoms with Gasteiger partial charge in [-0.2, -0.15) is 0 Å². The van der Waals surface area contributed by atoms with Gasteiger partial charge in [0.25, 0.3) is 0 Å². The fraction of sp³-hybridized carbons (Fsp3) is 0.636. The number of hydrogen-bond acceptors (Lipinski definition) is 2. The van der Waals surface area contributed by atoms with Crippen molar-refractivity contribution in [1.82, 2.24) is 0 Å². The molecule has 0 saturated heterocycles. The number of allylic oxidation sites excluding steroid dienone is 3. The number of hydrogen-bond donors (Lipinski definition) is 2. The molecule has 0 heterocycles. The maximum atomic E-state index is 8.69.